The van der Waals surface area contributed by atoms with Crippen LogP contribution in [0.4, 0.5) is 35.1 Å². The lowest BCUT2D eigenvalue weighted by Crippen LogP contribution is -2.00. The molecule has 0 aliphatic carbocycles. The standard InChI is InChI=1S/C13HF8NOS/c14-2-1(11(23)8(20)5(17)3(2)15)13-22-10-7(19)4(16)6(18)9(21)12(10)24-13/h23H. The third-order valence-electron chi connectivity index (χ3n) is 3.07. The molecule has 0 atom stereocenters. The largest absolute Gasteiger partial charge is 0.504 e. The molecule has 1 heterocycles. The Morgan fingerprint density at radius 3 is 1.75 bits per heavy atom. The average Bonchev–Trinajstić information content (AvgIpc) is 2.99. The number of hydrogen-bond donors (Lipinski definition) is 1. The number of phenols is 1. The fourth-order valence-electron chi connectivity index (χ4n) is 1.94. The van der Waals surface area contributed by atoms with Gasteiger partial charge in [0.2, 0.25) is 11.6 Å². The minimum atomic E-state index is -2.32. The van der Waals surface area contributed by atoms with Crippen LogP contribution in [-0.2, 0) is 0 Å². The van der Waals surface area contributed by atoms with Crippen LogP contribution in [-0.4, -0.2) is 10.1 Å². The second kappa shape index (κ2) is 5.30. The number of phenolic OH excluding ortho intramolecular Hbond substituents is 1. The van der Waals surface area contributed by atoms with Crippen LogP contribution in [0.1, 0.15) is 0 Å². The normalized spacial score (nSPS) is 11.5. The molecule has 2 aromatic carbocycles. The smallest absolute Gasteiger partial charge is 0.204 e. The van der Waals surface area contributed by atoms with Crippen molar-refractivity contribution >= 4 is 21.6 Å². The first-order valence-corrected chi connectivity index (χ1v) is 6.66. The van der Waals surface area contributed by atoms with Crippen molar-refractivity contribution in [3.8, 4) is 16.3 Å². The van der Waals surface area contributed by atoms with Gasteiger partial charge in [0.15, 0.2) is 40.7 Å². The Hall–Kier alpha value is -2.43. The van der Waals surface area contributed by atoms with Gasteiger partial charge in [-0.25, -0.2) is 35.7 Å². The van der Waals surface area contributed by atoms with E-state index in [-0.39, 0.29) is 11.3 Å². The van der Waals surface area contributed by atoms with Crippen LogP contribution in [0.2, 0.25) is 0 Å². The van der Waals surface area contributed by atoms with Crippen molar-refractivity contribution < 1.29 is 40.2 Å². The van der Waals surface area contributed by atoms with Gasteiger partial charge in [-0.3, -0.25) is 0 Å². The zero-order valence-electron chi connectivity index (χ0n) is 10.8. The van der Waals surface area contributed by atoms with E-state index in [1.54, 1.807) is 0 Å². The van der Waals surface area contributed by atoms with Crippen LogP contribution in [0.15, 0.2) is 0 Å². The molecule has 0 spiro atoms. The summed E-state index contributed by atoms with van der Waals surface area (Å²) < 4.78 is 106. The van der Waals surface area contributed by atoms with E-state index in [0.29, 0.717) is 0 Å². The molecule has 3 aromatic rings. The Kier molecular flexibility index (Phi) is 3.62. The molecule has 126 valence electrons. The molecule has 0 amide bonds. The van der Waals surface area contributed by atoms with E-state index in [0.717, 1.165) is 0 Å². The highest BCUT2D eigenvalue weighted by Gasteiger charge is 2.30. The lowest BCUT2D eigenvalue weighted by molar-refractivity contribution is 0.368. The number of aromatic nitrogens is 1. The summed E-state index contributed by atoms with van der Waals surface area (Å²) >= 11 is -0.0229. The SMILES string of the molecule is Oc1c(F)c(F)c(F)c(F)c1-c1nc2c(F)c(F)c(F)c(F)c2s1. The topological polar surface area (TPSA) is 33.1 Å². The molecule has 0 saturated heterocycles. The van der Waals surface area contributed by atoms with Crippen molar-refractivity contribution in [3.05, 3.63) is 46.5 Å². The highest BCUT2D eigenvalue weighted by Crippen LogP contribution is 2.42. The first kappa shape index (κ1) is 16.4. The number of nitrogens with zero attached hydrogens (tertiary/aromatic N) is 1. The summed E-state index contributed by atoms with van der Waals surface area (Å²) in [5, 5.41) is 8.50. The third kappa shape index (κ3) is 2.04. The molecule has 2 nitrogen and oxygen atoms in total. The van der Waals surface area contributed by atoms with E-state index in [1.807, 2.05) is 0 Å². The number of halogens is 8. The molecular weight excluding hydrogens is 370 g/mol. The second-order valence-electron chi connectivity index (χ2n) is 4.43. The predicted octanol–water partition coefficient (Wildman–Crippen LogP) is 4.78. The fourth-order valence-corrected chi connectivity index (χ4v) is 2.97. The van der Waals surface area contributed by atoms with E-state index in [1.165, 1.54) is 0 Å². The summed E-state index contributed by atoms with van der Waals surface area (Å²) in [4.78, 5) is 3.22. The van der Waals surface area contributed by atoms with Crippen LogP contribution in [0, 0.1) is 46.5 Å². The van der Waals surface area contributed by atoms with Gasteiger partial charge in [0.25, 0.3) is 0 Å². The molecule has 11 heteroatoms. The van der Waals surface area contributed by atoms with Crippen molar-refractivity contribution in [2.45, 2.75) is 0 Å². The predicted molar refractivity (Wildman–Crippen MR) is 66.4 cm³/mol. The monoisotopic (exact) mass is 371 g/mol. The zero-order chi connectivity index (χ0) is 17.9. The van der Waals surface area contributed by atoms with Crippen molar-refractivity contribution in [1.29, 1.82) is 0 Å². The maximum Gasteiger partial charge on any atom is 0.204 e. The van der Waals surface area contributed by atoms with Crippen LogP contribution < -0.4 is 0 Å². The molecule has 1 aromatic heterocycles. The summed E-state index contributed by atoms with van der Waals surface area (Å²) in [5.41, 5.74) is -2.43. The second-order valence-corrected chi connectivity index (χ2v) is 5.43. The van der Waals surface area contributed by atoms with Crippen molar-refractivity contribution in [1.82, 2.24) is 4.98 Å². The van der Waals surface area contributed by atoms with Gasteiger partial charge in [-0.15, -0.1) is 11.3 Å². The molecular formula is C13HF8NOS. The number of rotatable bonds is 1. The molecule has 0 fully saturated rings. The Bertz CT molecular complexity index is 942. The molecule has 0 unspecified atom stereocenters. The summed E-state index contributed by atoms with van der Waals surface area (Å²) in [5.74, 6) is -18.7. The molecule has 24 heavy (non-hydrogen) atoms. The molecule has 1 N–H and O–H groups in total. The van der Waals surface area contributed by atoms with E-state index >= 15 is 0 Å². The van der Waals surface area contributed by atoms with E-state index in [4.69, 9.17) is 0 Å². The number of benzene rings is 2. The van der Waals surface area contributed by atoms with Gasteiger partial charge in [-0.1, -0.05) is 0 Å². The maximum absolute atomic E-state index is 13.8. The van der Waals surface area contributed by atoms with Gasteiger partial charge >= 0.3 is 0 Å². The van der Waals surface area contributed by atoms with Gasteiger partial charge < -0.3 is 5.11 Å². The van der Waals surface area contributed by atoms with Crippen molar-refractivity contribution in [2.24, 2.45) is 0 Å². The van der Waals surface area contributed by atoms with Crippen molar-refractivity contribution in [2.75, 3.05) is 0 Å². The molecule has 3 rings (SSSR count). The first-order chi connectivity index (χ1) is 11.2. The van der Waals surface area contributed by atoms with Gasteiger partial charge in [0.05, 0.1) is 10.3 Å². The Morgan fingerprint density at radius 1 is 0.625 bits per heavy atom. The molecule has 0 aliphatic heterocycles. The highest BCUT2D eigenvalue weighted by atomic mass is 32.1. The number of fused-ring (bicyclic) bond motifs is 1. The molecule has 0 radical (unpaired) electrons. The zero-order valence-corrected chi connectivity index (χ0v) is 11.6. The fraction of sp³-hybridized carbons (Fsp3) is 0. The third-order valence-corrected chi connectivity index (χ3v) is 4.13. The van der Waals surface area contributed by atoms with Gasteiger partial charge in [-0.05, 0) is 0 Å². The number of aromatic hydroxyl groups is 1. The van der Waals surface area contributed by atoms with Crippen LogP contribution in [0.25, 0.3) is 20.8 Å². The Morgan fingerprint density at radius 2 is 1.12 bits per heavy atom. The summed E-state index contributed by atoms with van der Waals surface area (Å²) in [6.45, 7) is 0. The lowest BCUT2D eigenvalue weighted by Gasteiger charge is -2.06. The van der Waals surface area contributed by atoms with Gasteiger partial charge in [0, 0.05) is 0 Å². The van der Waals surface area contributed by atoms with Crippen LogP contribution in [0.3, 0.4) is 0 Å². The highest BCUT2D eigenvalue weighted by molar-refractivity contribution is 7.21. The maximum atomic E-state index is 13.8. The average molecular weight is 371 g/mol. The Balaban J connectivity index is 2.42. The van der Waals surface area contributed by atoms with Crippen molar-refractivity contribution in [3.63, 3.8) is 0 Å². The summed E-state index contributed by atoms with van der Waals surface area (Å²) in [7, 11) is 0. The quantitative estimate of drug-likeness (QED) is 0.379. The molecule has 0 saturated carbocycles. The van der Waals surface area contributed by atoms with Crippen LogP contribution >= 0.6 is 11.3 Å². The first-order valence-electron chi connectivity index (χ1n) is 5.84. The number of thiazole rings is 1. The van der Waals surface area contributed by atoms with Gasteiger partial charge in [-0.2, -0.15) is 4.39 Å². The summed E-state index contributed by atoms with van der Waals surface area (Å²) in [6, 6.07) is 0. The Labute approximate surface area is 130 Å². The van der Waals surface area contributed by atoms with E-state index in [9.17, 15) is 40.2 Å². The number of hydrogen-bond acceptors (Lipinski definition) is 3. The molecule has 0 bridgehead atoms. The minimum absolute atomic E-state index is 0.0229. The molecule has 0 aliphatic rings. The van der Waals surface area contributed by atoms with Gasteiger partial charge in [0.1, 0.15) is 10.5 Å². The summed E-state index contributed by atoms with van der Waals surface area (Å²) in [6.07, 6.45) is 0. The lowest BCUT2D eigenvalue weighted by atomic mass is 10.1. The minimum Gasteiger partial charge on any atom is -0.504 e. The van der Waals surface area contributed by atoms with E-state index in [2.05, 4.69) is 4.98 Å². The van der Waals surface area contributed by atoms with Crippen LogP contribution in [0.5, 0.6) is 5.75 Å². The van der Waals surface area contributed by atoms with E-state index < -0.39 is 73.1 Å².